The van der Waals surface area contributed by atoms with Crippen LogP contribution in [0.2, 0.25) is 10.0 Å². The first-order valence-corrected chi connectivity index (χ1v) is 10.3. The molecule has 0 N–H and O–H groups in total. The second kappa shape index (κ2) is 8.12. The fourth-order valence-electron chi connectivity index (χ4n) is 3.41. The quantitative estimate of drug-likeness (QED) is 0.359. The van der Waals surface area contributed by atoms with Gasteiger partial charge in [0, 0.05) is 11.6 Å². The highest BCUT2D eigenvalue weighted by Crippen LogP contribution is 2.36. The van der Waals surface area contributed by atoms with Crippen LogP contribution in [-0.4, -0.2) is 22.0 Å². The number of carbonyl (C=O) groups excluding carboxylic acids is 2. The van der Waals surface area contributed by atoms with Crippen molar-refractivity contribution in [2.24, 2.45) is 0 Å². The number of ether oxygens (including phenoxy) is 1. The molecule has 1 heterocycles. The van der Waals surface area contributed by atoms with Crippen LogP contribution in [0, 0.1) is 13.8 Å². The maximum atomic E-state index is 13.4. The second-order valence-electron chi connectivity index (χ2n) is 8.46. The van der Waals surface area contributed by atoms with Crippen LogP contribution >= 0.6 is 23.2 Å². The molecule has 0 aliphatic carbocycles. The Bertz CT molecular complexity index is 1250. The van der Waals surface area contributed by atoms with E-state index >= 15 is 0 Å². The van der Waals surface area contributed by atoms with Gasteiger partial charge in [-0.3, -0.25) is 9.36 Å². The summed E-state index contributed by atoms with van der Waals surface area (Å²) in [4.78, 5) is 26.0. The molecule has 3 aromatic rings. The number of carbonyl (C=O) groups is 2. The van der Waals surface area contributed by atoms with Crippen LogP contribution in [0.15, 0.2) is 30.5 Å². The smallest absolute Gasteiger partial charge is 0.416 e. The molecule has 0 spiro atoms. The zero-order valence-electron chi connectivity index (χ0n) is 17.9. The molecule has 32 heavy (non-hydrogen) atoms. The van der Waals surface area contributed by atoms with Crippen LogP contribution in [-0.2, 0) is 10.9 Å². The van der Waals surface area contributed by atoms with E-state index in [1.165, 1.54) is 29.8 Å². The minimum Gasteiger partial charge on any atom is -0.456 e. The van der Waals surface area contributed by atoms with Gasteiger partial charge in [0.1, 0.15) is 5.60 Å². The van der Waals surface area contributed by atoms with Crippen LogP contribution in [0.1, 0.15) is 58.2 Å². The first-order chi connectivity index (χ1) is 14.6. The molecule has 0 bridgehead atoms. The van der Waals surface area contributed by atoms with E-state index in [2.05, 4.69) is 0 Å². The van der Waals surface area contributed by atoms with Gasteiger partial charge in [-0.15, -0.1) is 0 Å². The molecule has 0 saturated heterocycles. The fourth-order valence-corrected chi connectivity index (χ4v) is 4.02. The van der Waals surface area contributed by atoms with Gasteiger partial charge in [-0.25, -0.2) is 4.79 Å². The topological polar surface area (TPSA) is 48.3 Å². The van der Waals surface area contributed by atoms with Crippen molar-refractivity contribution in [3.63, 3.8) is 0 Å². The number of aryl methyl sites for hydroxylation is 2. The Labute approximate surface area is 192 Å². The van der Waals surface area contributed by atoms with Gasteiger partial charge < -0.3 is 4.74 Å². The molecule has 0 saturated carbocycles. The summed E-state index contributed by atoms with van der Waals surface area (Å²) >= 11 is 12.6. The van der Waals surface area contributed by atoms with Crippen molar-refractivity contribution >= 4 is 46.0 Å². The van der Waals surface area contributed by atoms with Gasteiger partial charge in [0.2, 0.25) is 0 Å². The number of benzene rings is 2. The third-order valence-corrected chi connectivity index (χ3v) is 5.47. The number of alkyl halides is 3. The highest BCUT2D eigenvalue weighted by Gasteiger charge is 2.32. The number of nitrogens with zero attached hydrogens (tertiary/aromatic N) is 1. The van der Waals surface area contributed by atoms with Gasteiger partial charge in [0.05, 0.1) is 32.3 Å². The van der Waals surface area contributed by atoms with E-state index < -0.39 is 29.2 Å². The van der Waals surface area contributed by atoms with Crippen LogP contribution in [0.3, 0.4) is 0 Å². The summed E-state index contributed by atoms with van der Waals surface area (Å²) < 4.78 is 46.3. The predicted octanol–water partition coefficient (Wildman–Crippen LogP) is 7.23. The van der Waals surface area contributed by atoms with Gasteiger partial charge in [-0.2, -0.15) is 13.2 Å². The number of esters is 1. The summed E-state index contributed by atoms with van der Waals surface area (Å²) in [5.74, 6) is -1.40. The zero-order valence-corrected chi connectivity index (χ0v) is 19.5. The Morgan fingerprint density at radius 2 is 1.62 bits per heavy atom. The lowest BCUT2D eigenvalue weighted by atomic mass is 10.0. The monoisotopic (exact) mass is 485 g/mol. The van der Waals surface area contributed by atoms with E-state index in [0.29, 0.717) is 11.1 Å². The minimum absolute atomic E-state index is 0.00336. The van der Waals surface area contributed by atoms with Gasteiger partial charge >= 0.3 is 12.1 Å². The van der Waals surface area contributed by atoms with Gasteiger partial charge in [-0.1, -0.05) is 23.2 Å². The summed E-state index contributed by atoms with van der Waals surface area (Å²) in [5.41, 5.74) is -0.754. The maximum absolute atomic E-state index is 13.4. The van der Waals surface area contributed by atoms with E-state index in [1.807, 2.05) is 0 Å². The number of hydrogen-bond acceptors (Lipinski definition) is 3. The lowest BCUT2D eigenvalue weighted by Crippen LogP contribution is -2.24. The summed E-state index contributed by atoms with van der Waals surface area (Å²) in [6, 6.07) is 4.69. The molecule has 1 aromatic heterocycles. The summed E-state index contributed by atoms with van der Waals surface area (Å²) in [5, 5.41) is 0.0819. The number of rotatable bonds is 2. The van der Waals surface area contributed by atoms with Crippen LogP contribution in [0.5, 0.6) is 0 Å². The van der Waals surface area contributed by atoms with Crippen molar-refractivity contribution in [2.75, 3.05) is 0 Å². The number of aromatic nitrogens is 1. The Morgan fingerprint density at radius 3 is 2.19 bits per heavy atom. The van der Waals surface area contributed by atoms with Gasteiger partial charge in [0.15, 0.2) is 0 Å². The average Bonchev–Trinajstić information content (AvgIpc) is 2.97. The lowest BCUT2D eigenvalue weighted by Gasteiger charge is -2.20. The Morgan fingerprint density at radius 1 is 1.00 bits per heavy atom. The molecule has 3 rings (SSSR count). The lowest BCUT2D eigenvalue weighted by molar-refractivity contribution is -0.137. The van der Waals surface area contributed by atoms with Gasteiger partial charge in [0.25, 0.3) is 5.91 Å². The van der Waals surface area contributed by atoms with Crippen molar-refractivity contribution < 1.29 is 27.5 Å². The van der Waals surface area contributed by atoms with Crippen molar-refractivity contribution in [2.45, 2.75) is 46.4 Å². The van der Waals surface area contributed by atoms with E-state index in [4.69, 9.17) is 27.9 Å². The molecule has 0 radical (unpaired) electrons. The predicted molar refractivity (Wildman–Crippen MR) is 118 cm³/mol. The van der Waals surface area contributed by atoms with E-state index in [1.54, 1.807) is 27.7 Å². The van der Waals surface area contributed by atoms with Crippen molar-refractivity contribution in [1.82, 2.24) is 4.57 Å². The Hall–Kier alpha value is -2.51. The molecular weight excluding hydrogens is 466 g/mol. The summed E-state index contributed by atoms with van der Waals surface area (Å²) in [6.45, 7) is 8.15. The molecule has 0 aliphatic heterocycles. The van der Waals surface area contributed by atoms with Crippen LogP contribution in [0.4, 0.5) is 13.2 Å². The molecule has 2 aromatic carbocycles. The van der Waals surface area contributed by atoms with Crippen LogP contribution < -0.4 is 0 Å². The molecule has 0 aliphatic rings. The van der Waals surface area contributed by atoms with Crippen molar-refractivity contribution in [3.05, 3.63) is 68.3 Å². The van der Waals surface area contributed by atoms with E-state index in [0.717, 1.165) is 12.1 Å². The van der Waals surface area contributed by atoms with Crippen LogP contribution in [0.25, 0.3) is 10.9 Å². The highest BCUT2D eigenvalue weighted by atomic mass is 35.5. The van der Waals surface area contributed by atoms with Crippen molar-refractivity contribution in [1.29, 1.82) is 0 Å². The Balaban J connectivity index is 2.18. The molecule has 4 nitrogen and oxygen atoms in total. The minimum atomic E-state index is -4.52. The molecule has 0 unspecified atom stereocenters. The maximum Gasteiger partial charge on any atom is 0.416 e. The number of hydrogen-bond donors (Lipinski definition) is 0. The van der Waals surface area contributed by atoms with Crippen molar-refractivity contribution in [3.8, 4) is 0 Å². The third kappa shape index (κ3) is 4.50. The number of halogens is 5. The summed E-state index contributed by atoms with van der Waals surface area (Å²) in [7, 11) is 0. The van der Waals surface area contributed by atoms with E-state index in [9.17, 15) is 22.8 Å². The molecule has 9 heteroatoms. The number of fused-ring (bicyclic) bond motifs is 1. The first kappa shape index (κ1) is 24.1. The fraction of sp³-hybridized carbons (Fsp3) is 0.304. The van der Waals surface area contributed by atoms with E-state index in [-0.39, 0.29) is 32.1 Å². The SMILES string of the molecule is Cc1cn(C(=O)c2c(Cl)ccc(C(=O)OC(C)(C)C)c2Cl)c2c(C)cc(C(F)(F)F)cc12. The highest BCUT2D eigenvalue weighted by molar-refractivity contribution is 6.41. The molecular formula is C23H20Cl2F3NO3. The Kier molecular flexibility index (Phi) is 6.13. The van der Waals surface area contributed by atoms with Gasteiger partial charge in [-0.05, 0) is 70.0 Å². The summed E-state index contributed by atoms with van der Waals surface area (Å²) in [6.07, 6.45) is -3.10. The molecule has 0 fully saturated rings. The molecule has 170 valence electrons. The molecule has 0 amide bonds. The first-order valence-electron chi connectivity index (χ1n) is 9.57. The second-order valence-corrected chi connectivity index (χ2v) is 9.25. The average molecular weight is 486 g/mol. The third-order valence-electron chi connectivity index (χ3n) is 4.76. The molecule has 0 atom stereocenters. The normalized spacial score (nSPS) is 12.3. The zero-order chi connectivity index (χ0) is 24.2. The largest absolute Gasteiger partial charge is 0.456 e. The standard InChI is InChI=1S/C23H20Cl2F3NO3/c1-11-8-13(23(26,27)28)9-15-12(2)10-29(19(11)15)20(30)17-16(24)7-6-14(18(17)25)21(31)32-22(3,4)5/h6-10H,1-5H3.